The van der Waals surface area contributed by atoms with E-state index in [0.29, 0.717) is 30.4 Å². The molecule has 0 fully saturated rings. The Kier molecular flexibility index (Phi) is 5.42. The molecule has 4 heteroatoms. The zero-order chi connectivity index (χ0) is 15.9. The van der Waals surface area contributed by atoms with Gasteiger partial charge in [-0.15, -0.1) is 0 Å². The molecule has 0 radical (unpaired) electrons. The summed E-state index contributed by atoms with van der Waals surface area (Å²) >= 11 is 0. The second kappa shape index (κ2) is 7.50. The van der Waals surface area contributed by atoms with Crippen LogP contribution in [0.3, 0.4) is 0 Å². The predicted octanol–water partition coefficient (Wildman–Crippen LogP) is 3.98. The lowest BCUT2D eigenvalue weighted by atomic mass is 10.2. The van der Waals surface area contributed by atoms with Gasteiger partial charge in [-0.05, 0) is 43.7 Å². The molecule has 0 N–H and O–H groups in total. The largest absolute Gasteiger partial charge is 0.497 e. The summed E-state index contributed by atoms with van der Waals surface area (Å²) < 4.78 is 16.5. The number of aryl methyl sites for hydroxylation is 1. The Labute approximate surface area is 131 Å². The lowest BCUT2D eigenvalue weighted by molar-refractivity contribution is 0.282. The van der Waals surface area contributed by atoms with Crippen molar-refractivity contribution in [1.29, 1.82) is 0 Å². The first kappa shape index (κ1) is 15.9. The number of pyridine rings is 1. The van der Waals surface area contributed by atoms with E-state index in [1.807, 2.05) is 50.2 Å². The van der Waals surface area contributed by atoms with E-state index < -0.39 is 0 Å². The Bertz CT molecular complexity index is 635. The van der Waals surface area contributed by atoms with Gasteiger partial charge in [0.25, 0.3) is 0 Å². The minimum Gasteiger partial charge on any atom is -0.497 e. The minimum absolute atomic E-state index is 0.446. The second-order valence-corrected chi connectivity index (χ2v) is 4.79. The van der Waals surface area contributed by atoms with E-state index in [2.05, 4.69) is 11.6 Å². The van der Waals surface area contributed by atoms with Crippen LogP contribution >= 0.6 is 0 Å². The third-order valence-electron chi connectivity index (χ3n) is 3.13. The normalized spacial score (nSPS) is 10.1. The summed E-state index contributed by atoms with van der Waals surface area (Å²) in [6.45, 7) is 8.75. The summed E-state index contributed by atoms with van der Waals surface area (Å²) in [4.78, 5) is 4.46. The average Bonchev–Trinajstić information content (AvgIpc) is 2.54. The van der Waals surface area contributed by atoms with Crippen LogP contribution in [0.25, 0.3) is 5.76 Å². The van der Waals surface area contributed by atoms with Gasteiger partial charge in [0.2, 0.25) is 0 Å². The van der Waals surface area contributed by atoms with Crippen molar-refractivity contribution in [2.45, 2.75) is 20.5 Å². The molecule has 0 unspecified atom stereocenters. The van der Waals surface area contributed by atoms with Crippen LogP contribution in [0.2, 0.25) is 0 Å². The smallest absolute Gasteiger partial charge is 0.149 e. The lowest BCUT2D eigenvalue weighted by Gasteiger charge is -2.13. The molecule has 22 heavy (non-hydrogen) atoms. The zero-order valence-electron chi connectivity index (χ0n) is 13.3. The molecule has 116 valence electrons. The fraction of sp³-hybridized carbons (Fsp3) is 0.278. The standard InChI is InChI=1S/C18H21NO3/c1-5-21-14(3)18-17(11-6-13(2)19-18)22-12-15-7-9-16(20-4)10-8-15/h6-11H,3,5,12H2,1-2,4H3. The molecule has 2 rings (SSSR count). The Hall–Kier alpha value is -2.49. The number of nitrogens with zero attached hydrogens (tertiary/aromatic N) is 1. The summed E-state index contributed by atoms with van der Waals surface area (Å²) in [7, 11) is 1.65. The van der Waals surface area contributed by atoms with Crippen molar-refractivity contribution in [1.82, 2.24) is 4.98 Å². The van der Waals surface area contributed by atoms with Crippen molar-refractivity contribution in [3.63, 3.8) is 0 Å². The third kappa shape index (κ3) is 4.01. The molecule has 1 aromatic heterocycles. The molecule has 1 aromatic carbocycles. The number of hydrogen-bond donors (Lipinski definition) is 0. The molecule has 0 aliphatic carbocycles. The van der Waals surface area contributed by atoms with Gasteiger partial charge in [-0.25, -0.2) is 4.98 Å². The summed E-state index contributed by atoms with van der Waals surface area (Å²) in [6, 6.07) is 11.6. The number of methoxy groups -OCH3 is 1. The van der Waals surface area contributed by atoms with E-state index in [1.165, 1.54) is 0 Å². The van der Waals surface area contributed by atoms with Crippen LogP contribution in [-0.4, -0.2) is 18.7 Å². The number of ether oxygens (including phenoxy) is 3. The topological polar surface area (TPSA) is 40.6 Å². The summed E-state index contributed by atoms with van der Waals surface area (Å²) in [5, 5.41) is 0. The average molecular weight is 299 g/mol. The highest BCUT2D eigenvalue weighted by Gasteiger charge is 2.11. The van der Waals surface area contributed by atoms with E-state index in [1.54, 1.807) is 7.11 Å². The Morgan fingerprint density at radius 2 is 1.86 bits per heavy atom. The van der Waals surface area contributed by atoms with Gasteiger partial charge < -0.3 is 14.2 Å². The number of aromatic nitrogens is 1. The quantitative estimate of drug-likeness (QED) is 0.725. The SMILES string of the molecule is C=C(OCC)c1nc(C)ccc1OCc1ccc(OC)cc1. The minimum atomic E-state index is 0.446. The number of benzene rings is 1. The maximum Gasteiger partial charge on any atom is 0.149 e. The van der Waals surface area contributed by atoms with Crippen molar-refractivity contribution in [3.8, 4) is 11.5 Å². The van der Waals surface area contributed by atoms with Gasteiger partial charge in [0.15, 0.2) is 0 Å². The van der Waals surface area contributed by atoms with Crippen LogP contribution in [0.1, 0.15) is 23.9 Å². The van der Waals surface area contributed by atoms with Crippen LogP contribution in [0.15, 0.2) is 43.0 Å². The fourth-order valence-corrected chi connectivity index (χ4v) is 1.99. The first-order chi connectivity index (χ1) is 10.6. The van der Waals surface area contributed by atoms with Gasteiger partial charge in [0.1, 0.15) is 29.6 Å². The molecule has 1 heterocycles. The highest BCUT2D eigenvalue weighted by atomic mass is 16.5. The Morgan fingerprint density at radius 1 is 1.14 bits per heavy atom. The predicted molar refractivity (Wildman–Crippen MR) is 87.0 cm³/mol. The molecule has 0 bridgehead atoms. The third-order valence-corrected chi connectivity index (χ3v) is 3.13. The summed E-state index contributed by atoms with van der Waals surface area (Å²) in [6.07, 6.45) is 0. The van der Waals surface area contributed by atoms with Crippen LogP contribution in [-0.2, 0) is 11.3 Å². The molecule has 0 aliphatic heterocycles. The van der Waals surface area contributed by atoms with E-state index in [9.17, 15) is 0 Å². The van der Waals surface area contributed by atoms with Gasteiger partial charge in [-0.3, -0.25) is 0 Å². The van der Waals surface area contributed by atoms with Gasteiger partial charge in [-0.2, -0.15) is 0 Å². The van der Waals surface area contributed by atoms with E-state index in [-0.39, 0.29) is 0 Å². The molecule has 0 saturated heterocycles. The van der Waals surface area contributed by atoms with Crippen molar-refractivity contribution in [2.75, 3.05) is 13.7 Å². The molecular weight excluding hydrogens is 278 g/mol. The monoisotopic (exact) mass is 299 g/mol. The summed E-state index contributed by atoms with van der Waals surface area (Å²) in [5.74, 6) is 2.02. The molecule has 0 saturated carbocycles. The van der Waals surface area contributed by atoms with Crippen LogP contribution < -0.4 is 9.47 Å². The molecule has 0 aliphatic rings. The van der Waals surface area contributed by atoms with Crippen molar-refractivity contribution >= 4 is 5.76 Å². The molecule has 4 nitrogen and oxygen atoms in total. The zero-order valence-corrected chi connectivity index (χ0v) is 13.3. The van der Waals surface area contributed by atoms with E-state index >= 15 is 0 Å². The van der Waals surface area contributed by atoms with E-state index in [4.69, 9.17) is 14.2 Å². The summed E-state index contributed by atoms with van der Waals surface area (Å²) in [5.41, 5.74) is 2.59. The highest BCUT2D eigenvalue weighted by Crippen LogP contribution is 2.25. The number of hydrogen-bond acceptors (Lipinski definition) is 4. The maximum atomic E-state index is 5.88. The molecule has 0 amide bonds. The first-order valence-electron chi connectivity index (χ1n) is 7.19. The highest BCUT2D eigenvalue weighted by molar-refractivity contribution is 5.60. The van der Waals surface area contributed by atoms with E-state index in [0.717, 1.165) is 17.0 Å². The number of rotatable bonds is 7. The molecular formula is C18H21NO3. The Morgan fingerprint density at radius 3 is 2.50 bits per heavy atom. The van der Waals surface area contributed by atoms with Crippen molar-refractivity contribution < 1.29 is 14.2 Å². The maximum absolute atomic E-state index is 5.88. The lowest BCUT2D eigenvalue weighted by Crippen LogP contribution is -2.02. The molecule has 0 spiro atoms. The van der Waals surface area contributed by atoms with Crippen molar-refractivity contribution in [3.05, 3.63) is 59.9 Å². The van der Waals surface area contributed by atoms with Gasteiger partial charge in [0, 0.05) is 5.69 Å². The van der Waals surface area contributed by atoms with Gasteiger partial charge >= 0.3 is 0 Å². The van der Waals surface area contributed by atoms with Crippen LogP contribution in [0.4, 0.5) is 0 Å². The molecule has 2 aromatic rings. The Balaban J connectivity index is 2.12. The van der Waals surface area contributed by atoms with Crippen LogP contribution in [0, 0.1) is 6.92 Å². The van der Waals surface area contributed by atoms with Crippen molar-refractivity contribution in [2.24, 2.45) is 0 Å². The first-order valence-corrected chi connectivity index (χ1v) is 7.19. The second-order valence-electron chi connectivity index (χ2n) is 4.79. The van der Waals surface area contributed by atoms with Gasteiger partial charge in [0.05, 0.1) is 13.7 Å². The van der Waals surface area contributed by atoms with Crippen LogP contribution in [0.5, 0.6) is 11.5 Å². The molecule has 0 atom stereocenters. The van der Waals surface area contributed by atoms with Gasteiger partial charge in [-0.1, -0.05) is 18.7 Å². The fourth-order valence-electron chi connectivity index (χ4n) is 1.99.